The molecule has 248 valence electrons. The van der Waals surface area contributed by atoms with E-state index in [9.17, 15) is 27.6 Å². The normalized spacial score (nSPS) is 16.8. The smallest absolute Gasteiger partial charge is 0.444 e. The van der Waals surface area contributed by atoms with Crippen LogP contribution in [0, 0.1) is 5.82 Å². The number of ether oxygens (including phenoxy) is 2. The van der Waals surface area contributed by atoms with Crippen LogP contribution in [-0.4, -0.2) is 57.2 Å². The Hall–Kier alpha value is -4.46. The Morgan fingerprint density at radius 3 is 2.26 bits per heavy atom. The Bertz CT molecular complexity index is 1660. The summed E-state index contributed by atoms with van der Waals surface area (Å²) >= 11 is 0. The van der Waals surface area contributed by atoms with Crippen LogP contribution in [0.5, 0.6) is 0 Å². The summed E-state index contributed by atoms with van der Waals surface area (Å²) in [4.78, 5) is 38.5. The Morgan fingerprint density at radius 2 is 1.63 bits per heavy atom. The van der Waals surface area contributed by atoms with E-state index < -0.39 is 52.7 Å². The lowest BCUT2D eigenvalue weighted by Gasteiger charge is -2.36. The van der Waals surface area contributed by atoms with E-state index in [1.807, 2.05) is 0 Å². The third-order valence-electron chi connectivity index (χ3n) is 6.99. The van der Waals surface area contributed by atoms with Gasteiger partial charge in [-0.3, -0.25) is 4.79 Å². The number of hydrogen-bond acceptors (Lipinski definition) is 6. The number of anilines is 1. The molecule has 1 aliphatic rings. The summed E-state index contributed by atoms with van der Waals surface area (Å²) in [5, 5.41) is 8.58. The molecule has 46 heavy (non-hydrogen) atoms. The molecule has 0 aliphatic carbocycles. The lowest BCUT2D eigenvalue weighted by molar-refractivity contribution is -0.854. The quantitative estimate of drug-likeness (QED) is 0.234. The van der Waals surface area contributed by atoms with E-state index in [2.05, 4.69) is 15.7 Å². The molecule has 0 radical (unpaired) electrons. The summed E-state index contributed by atoms with van der Waals surface area (Å²) in [6, 6.07) is 9.27. The molecule has 14 heteroatoms. The molecule has 2 aromatic carbocycles. The predicted molar refractivity (Wildman–Crippen MR) is 161 cm³/mol. The van der Waals surface area contributed by atoms with E-state index in [0.29, 0.717) is 35.7 Å². The van der Waals surface area contributed by atoms with Gasteiger partial charge >= 0.3 is 18.4 Å². The van der Waals surface area contributed by atoms with Crippen LogP contribution in [0.25, 0.3) is 5.69 Å². The van der Waals surface area contributed by atoms with Gasteiger partial charge in [-0.25, -0.2) is 18.3 Å². The Balaban J connectivity index is 1.62. The molecule has 0 spiro atoms. The van der Waals surface area contributed by atoms with Crippen LogP contribution >= 0.6 is 0 Å². The largest absolute Gasteiger partial charge is 0.516 e. The first-order valence-corrected chi connectivity index (χ1v) is 14.6. The van der Waals surface area contributed by atoms with Crippen LogP contribution in [0.2, 0.25) is 0 Å². The highest BCUT2D eigenvalue weighted by Crippen LogP contribution is 2.32. The highest BCUT2D eigenvalue weighted by atomic mass is 19.4. The van der Waals surface area contributed by atoms with E-state index in [1.54, 1.807) is 54.7 Å². The number of likely N-dealkylation sites (N-methyl/N-ethyl adjacent to an activating group) is 1. The van der Waals surface area contributed by atoms with Crippen molar-refractivity contribution in [2.45, 2.75) is 78.4 Å². The maximum absolute atomic E-state index is 15.2. The van der Waals surface area contributed by atoms with Crippen molar-refractivity contribution < 1.29 is 45.9 Å². The molecule has 0 fully saturated rings. The molecular weight excluding hydrogens is 610 g/mol. The van der Waals surface area contributed by atoms with Gasteiger partial charge in [0.1, 0.15) is 29.3 Å². The van der Waals surface area contributed by atoms with Crippen LogP contribution in [0.3, 0.4) is 0 Å². The zero-order valence-corrected chi connectivity index (χ0v) is 26.8. The molecular formula is C32H38F4N5O5+. The van der Waals surface area contributed by atoms with Crippen molar-refractivity contribution in [1.82, 2.24) is 15.1 Å². The average Bonchev–Trinajstić information content (AvgIpc) is 3.38. The molecule has 2 heterocycles. The molecule has 1 unspecified atom stereocenters. The van der Waals surface area contributed by atoms with Gasteiger partial charge in [0.2, 0.25) is 0 Å². The molecule has 1 atom stereocenters. The predicted octanol–water partition coefficient (Wildman–Crippen LogP) is 6.75. The topological polar surface area (TPSA) is 112 Å². The van der Waals surface area contributed by atoms with Crippen molar-refractivity contribution in [1.29, 1.82) is 0 Å². The zero-order chi connectivity index (χ0) is 34.2. The standard InChI is InChI=1S/C32H37F4N5O5/c1-30(2,3)45-28(43)37-17-19-9-8-10-22(13-19)40-25(16-26(39-40)32(34,35)36)27(42)38-24-15-21-18-41(7,29(44)46-31(4,5)6)12-11-20(21)14-23(24)33/h8-10,13-16H,11-12,17-18H2,1-7H3,(H-,37,38,42,43)/p+1. The highest BCUT2D eigenvalue weighted by molar-refractivity contribution is 6.03. The molecule has 10 nitrogen and oxygen atoms in total. The molecule has 1 aliphatic heterocycles. The fraction of sp³-hybridized carbons (Fsp3) is 0.438. The Kier molecular flexibility index (Phi) is 9.26. The Labute approximate surface area is 264 Å². The number of nitrogens with one attached hydrogen (secondary N) is 2. The molecule has 0 bridgehead atoms. The summed E-state index contributed by atoms with van der Waals surface area (Å²) in [7, 11) is 1.70. The van der Waals surface area contributed by atoms with Crippen molar-refractivity contribution in [2.75, 3.05) is 18.9 Å². The van der Waals surface area contributed by atoms with Gasteiger partial charge in [-0.05, 0) is 76.9 Å². The number of fused-ring (bicyclic) bond motifs is 1. The van der Waals surface area contributed by atoms with Crippen molar-refractivity contribution in [3.05, 3.63) is 76.4 Å². The molecule has 4 rings (SSSR count). The van der Waals surface area contributed by atoms with Gasteiger partial charge in [0.15, 0.2) is 5.69 Å². The molecule has 1 aromatic heterocycles. The Morgan fingerprint density at radius 1 is 0.957 bits per heavy atom. The number of alkyl halides is 3. The van der Waals surface area contributed by atoms with Crippen LogP contribution in [0.1, 0.15) is 74.4 Å². The van der Waals surface area contributed by atoms with E-state index in [-0.39, 0.29) is 28.9 Å². The first-order chi connectivity index (χ1) is 21.1. The number of benzene rings is 2. The van der Waals surface area contributed by atoms with Gasteiger partial charge in [0.25, 0.3) is 5.91 Å². The first kappa shape index (κ1) is 34.4. The van der Waals surface area contributed by atoms with Crippen LogP contribution < -0.4 is 10.6 Å². The van der Waals surface area contributed by atoms with Crippen LogP contribution in [-0.2, 0) is 35.2 Å². The van der Waals surface area contributed by atoms with E-state index in [0.717, 1.165) is 4.68 Å². The second-order valence-corrected chi connectivity index (χ2v) is 13.4. The second kappa shape index (κ2) is 12.4. The summed E-state index contributed by atoms with van der Waals surface area (Å²) in [5.74, 6) is -1.82. The molecule has 2 N–H and O–H groups in total. The number of amides is 3. The van der Waals surface area contributed by atoms with Gasteiger partial charge in [-0.1, -0.05) is 12.1 Å². The van der Waals surface area contributed by atoms with Gasteiger partial charge in [0, 0.05) is 24.6 Å². The van der Waals surface area contributed by atoms with E-state index in [4.69, 9.17) is 9.47 Å². The average molecular weight is 649 g/mol. The third-order valence-corrected chi connectivity index (χ3v) is 6.99. The van der Waals surface area contributed by atoms with Crippen LogP contribution in [0.15, 0.2) is 42.5 Å². The number of carbonyl (C=O) groups excluding carboxylic acids is 3. The number of nitrogens with zero attached hydrogens (tertiary/aromatic N) is 3. The van der Waals surface area contributed by atoms with Crippen molar-refractivity contribution in [3.63, 3.8) is 0 Å². The van der Waals surface area contributed by atoms with Gasteiger partial charge < -0.3 is 20.1 Å². The number of quaternary nitrogens is 1. The minimum Gasteiger partial charge on any atom is -0.444 e. The van der Waals surface area contributed by atoms with Crippen LogP contribution in [0.4, 0.5) is 32.8 Å². The number of aromatic nitrogens is 2. The minimum absolute atomic E-state index is 0.0151. The number of rotatable bonds is 5. The highest BCUT2D eigenvalue weighted by Gasteiger charge is 2.41. The SMILES string of the molecule is CC(C)(C)OC(=O)NCc1cccc(-n2nc(C(F)(F)F)cc2C(=O)Nc2cc3c(cc2F)CC[N+](C)(C(=O)OC(C)(C)C)C3)c1. The number of halogens is 4. The maximum atomic E-state index is 15.2. The minimum atomic E-state index is -4.88. The first-order valence-electron chi connectivity index (χ1n) is 14.6. The van der Waals surface area contributed by atoms with Crippen molar-refractivity contribution in [3.8, 4) is 5.69 Å². The van der Waals surface area contributed by atoms with Crippen molar-refractivity contribution in [2.24, 2.45) is 0 Å². The van der Waals surface area contributed by atoms with Gasteiger partial charge in [-0.15, -0.1) is 0 Å². The van der Waals surface area contributed by atoms with Crippen molar-refractivity contribution >= 4 is 23.8 Å². The lowest BCUT2D eigenvalue weighted by Crippen LogP contribution is -2.53. The zero-order valence-electron chi connectivity index (χ0n) is 26.8. The number of alkyl carbamates (subject to hydrolysis) is 1. The van der Waals surface area contributed by atoms with Gasteiger partial charge in [0.05, 0.1) is 25.0 Å². The molecule has 0 saturated carbocycles. The molecule has 0 saturated heterocycles. The monoisotopic (exact) mass is 648 g/mol. The second-order valence-electron chi connectivity index (χ2n) is 13.4. The number of hydrogen-bond donors (Lipinski definition) is 2. The summed E-state index contributed by atoms with van der Waals surface area (Å²) < 4.78 is 67.9. The van der Waals surface area contributed by atoms with E-state index >= 15 is 4.39 Å². The number of carbonyl (C=O) groups is 3. The maximum Gasteiger partial charge on any atom is 0.516 e. The summed E-state index contributed by atoms with van der Waals surface area (Å²) in [6.07, 6.45) is -5.65. The molecule has 3 amide bonds. The van der Waals surface area contributed by atoms with E-state index in [1.165, 1.54) is 30.3 Å². The fourth-order valence-corrected chi connectivity index (χ4v) is 4.84. The lowest BCUT2D eigenvalue weighted by atomic mass is 9.97. The van der Waals surface area contributed by atoms with Gasteiger partial charge in [-0.2, -0.15) is 23.1 Å². The fourth-order valence-electron chi connectivity index (χ4n) is 4.84. The molecule has 3 aromatic rings. The summed E-state index contributed by atoms with van der Waals surface area (Å²) in [5.41, 5.74) is -1.72. The third kappa shape index (κ3) is 8.42. The summed E-state index contributed by atoms with van der Waals surface area (Å²) in [6.45, 7) is 10.9.